The van der Waals surface area contributed by atoms with E-state index in [0.717, 1.165) is 5.56 Å². The highest BCUT2D eigenvalue weighted by molar-refractivity contribution is 7.17. The topological polar surface area (TPSA) is 80.6 Å². The molecule has 0 spiro atoms. The number of carbonyl (C=O) groups is 1. The number of hydrogen-bond acceptors (Lipinski definition) is 5. The summed E-state index contributed by atoms with van der Waals surface area (Å²) >= 11 is 1.28. The Balaban J connectivity index is 1.79. The number of aromatic hydroxyl groups is 1. The highest BCUT2D eigenvalue weighted by atomic mass is 32.1. The van der Waals surface area contributed by atoms with E-state index in [0.29, 0.717) is 28.2 Å². The second-order valence-electron chi connectivity index (χ2n) is 6.42. The van der Waals surface area contributed by atoms with Gasteiger partial charge < -0.3 is 19.7 Å². The molecule has 0 atom stereocenters. The molecule has 1 amide bonds. The molecule has 0 saturated heterocycles. The molecule has 0 bridgehead atoms. The molecule has 0 saturated carbocycles. The van der Waals surface area contributed by atoms with Crippen LogP contribution in [0.1, 0.15) is 15.9 Å². The zero-order chi connectivity index (χ0) is 20.4. The van der Waals surface area contributed by atoms with Crippen LogP contribution < -0.4 is 15.6 Å². The molecule has 0 aliphatic carbocycles. The first kappa shape index (κ1) is 18.8. The fourth-order valence-electron chi connectivity index (χ4n) is 3.17. The summed E-state index contributed by atoms with van der Waals surface area (Å²) in [5, 5.41) is 15.1. The van der Waals surface area contributed by atoms with Gasteiger partial charge in [0.2, 0.25) is 0 Å². The average Bonchev–Trinajstić information content (AvgIpc) is 3.22. The summed E-state index contributed by atoms with van der Waals surface area (Å²) in [5.74, 6) is -0.398. The number of aromatic nitrogens is 1. The van der Waals surface area contributed by atoms with Crippen LogP contribution >= 0.6 is 11.3 Å². The zero-order valence-corrected chi connectivity index (χ0v) is 16.4. The number of nitrogens with one attached hydrogen (secondary N) is 1. The molecule has 2 heterocycles. The van der Waals surface area contributed by atoms with Crippen LogP contribution in [0, 0.1) is 0 Å². The molecule has 6 nitrogen and oxygen atoms in total. The summed E-state index contributed by atoms with van der Waals surface area (Å²) in [6, 6.07) is 18.1. The van der Waals surface area contributed by atoms with Gasteiger partial charge in [-0.15, -0.1) is 11.3 Å². The van der Waals surface area contributed by atoms with Crippen molar-refractivity contribution < 1.29 is 14.6 Å². The summed E-state index contributed by atoms with van der Waals surface area (Å²) in [4.78, 5) is 26.1. The number of thiophene rings is 1. The molecule has 0 aliphatic heterocycles. The molecule has 146 valence electrons. The number of rotatable bonds is 5. The van der Waals surface area contributed by atoms with E-state index in [1.807, 2.05) is 30.3 Å². The lowest BCUT2D eigenvalue weighted by Gasteiger charge is -2.13. The third-order valence-electron chi connectivity index (χ3n) is 4.58. The zero-order valence-electron chi connectivity index (χ0n) is 15.6. The van der Waals surface area contributed by atoms with Gasteiger partial charge in [0, 0.05) is 11.8 Å². The predicted octanol–water partition coefficient (Wildman–Crippen LogP) is 4.08. The van der Waals surface area contributed by atoms with Gasteiger partial charge in [-0.25, -0.2) is 0 Å². The maximum Gasteiger partial charge on any atom is 0.268 e. The monoisotopic (exact) mass is 406 g/mol. The third-order valence-corrected chi connectivity index (χ3v) is 5.49. The quantitative estimate of drug-likeness (QED) is 0.523. The molecule has 2 aromatic heterocycles. The van der Waals surface area contributed by atoms with Crippen molar-refractivity contribution >= 4 is 33.1 Å². The number of hydrogen-bond donors (Lipinski definition) is 2. The van der Waals surface area contributed by atoms with Crippen LogP contribution in [-0.2, 0) is 6.54 Å². The van der Waals surface area contributed by atoms with Gasteiger partial charge in [0.05, 0.1) is 23.9 Å². The number of amides is 1. The van der Waals surface area contributed by atoms with E-state index in [-0.39, 0.29) is 11.3 Å². The van der Waals surface area contributed by atoms with Gasteiger partial charge in [0.15, 0.2) is 5.75 Å². The van der Waals surface area contributed by atoms with E-state index >= 15 is 0 Å². The predicted molar refractivity (Wildman–Crippen MR) is 114 cm³/mol. The molecule has 4 aromatic rings. The van der Waals surface area contributed by atoms with E-state index in [4.69, 9.17) is 4.74 Å². The molecule has 0 fully saturated rings. The number of benzene rings is 2. The Hall–Kier alpha value is -3.58. The molecule has 7 heteroatoms. The first-order valence-corrected chi connectivity index (χ1v) is 9.78. The Morgan fingerprint density at radius 3 is 2.69 bits per heavy atom. The number of nitrogens with zero attached hydrogens (tertiary/aromatic N) is 1. The van der Waals surface area contributed by atoms with Crippen molar-refractivity contribution in [3.8, 4) is 11.5 Å². The lowest BCUT2D eigenvalue weighted by molar-refractivity contribution is 0.102. The second kappa shape index (κ2) is 7.81. The number of ether oxygens (including phenoxy) is 1. The maximum absolute atomic E-state index is 13.2. The number of methoxy groups -OCH3 is 1. The summed E-state index contributed by atoms with van der Waals surface area (Å²) in [7, 11) is 1.53. The minimum atomic E-state index is -0.669. The third kappa shape index (κ3) is 3.60. The number of anilines is 1. The molecular weight excluding hydrogens is 388 g/mol. The Morgan fingerprint density at radius 1 is 1.14 bits per heavy atom. The van der Waals surface area contributed by atoms with E-state index < -0.39 is 11.5 Å². The van der Waals surface area contributed by atoms with Gasteiger partial charge >= 0.3 is 0 Å². The first-order chi connectivity index (χ1) is 14.1. The summed E-state index contributed by atoms with van der Waals surface area (Å²) < 4.78 is 7.17. The SMILES string of the molecule is COc1cccc(NC(=O)c2c(O)c3sccc3n(Cc3ccccc3)c2=O)c1. The van der Waals surface area contributed by atoms with Gasteiger partial charge in [0.25, 0.3) is 11.5 Å². The van der Waals surface area contributed by atoms with E-state index in [1.165, 1.54) is 23.0 Å². The van der Waals surface area contributed by atoms with Crippen LogP contribution in [0.3, 0.4) is 0 Å². The standard InChI is InChI=1S/C22H18N2O4S/c1-28-16-9-5-8-15(12-16)23-21(26)18-19(25)20-17(10-11-29-20)24(22(18)27)13-14-6-3-2-4-7-14/h2-12,25H,13H2,1H3,(H,23,26). The van der Waals surface area contributed by atoms with Gasteiger partial charge in [-0.2, -0.15) is 0 Å². The highest BCUT2D eigenvalue weighted by Crippen LogP contribution is 2.32. The van der Waals surface area contributed by atoms with Crippen LogP contribution in [0.4, 0.5) is 5.69 Å². The van der Waals surface area contributed by atoms with Crippen LogP contribution in [0.5, 0.6) is 11.5 Å². The Morgan fingerprint density at radius 2 is 1.93 bits per heavy atom. The van der Waals surface area contributed by atoms with Gasteiger partial charge in [-0.1, -0.05) is 36.4 Å². The molecule has 29 heavy (non-hydrogen) atoms. The Labute approximate surface area is 170 Å². The van der Waals surface area contributed by atoms with Crippen molar-refractivity contribution in [2.24, 2.45) is 0 Å². The van der Waals surface area contributed by atoms with Gasteiger partial charge in [-0.05, 0) is 29.1 Å². The number of carbonyl (C=O) groups excluding carboxylic acids is 1. The van der Waals surface area contributed by atoms with Crippen molar-refractivity contribution in [1.29, 1.82) is 0 Å². The molecule has 4 rings (SSSR count). The van der Waals surface area contributed by atoms with Crippen molar-refractivity contribution in [2.75, 3.05) is 12.4 Å². The fourth-order valence-corrected chi connectivity index (χ4v) is 4.02. The number of pyridine rings is 1. The Kier molecular flexibility index (Phi) is 5.05. The molecule has 2 aromatic carbocycles. The van der Waals surface area contributed by atoms with Gasteiger partial charge in [-0.3, -0.25) is 9.59 Å². The first-order valence-electron chi connectivity index (χ1n) is 8.91. The fraction of sp³-hybridized carbons (Fsp3) is 0.0909. The van der Waals surface area contributed by atoms with E-state index in [1.54, 1.807) is 35.7 Å². The molecule has 0 radical (unpaired) electrons. The van der Waals surface area contributed by atoms with Crippen LogP contribution in [-0.4, -0.2) is 22.7 Å². The molecule has 0 aliphatic rings. The van der Waals surface area contributed by atoms with Crippen molar-refractivity contribution in [1.82, 2.24) is 4.57 Å². The normalized spacial score (nSPS) is 10.8. The van der Waals surface area contributed by atoms with Crippen LogP contribution in [0.25, 0.3) is 10.2 Å². The van der Waals surface area contributed by atoms with E-state index in [9.17, 15) is 14.7 Å². The minimum absolute atomic E-state index is 0.279. The highest BCUT2D eigenvalue weighted by Gasteiger charge is 2.23. The lowest BCUT2D eigenvalue weighted by atomic mass is 10.1. The summed E-state index contributed by atoms with van der Waals surface area (Å²) in [6.45, 7) is 0.298. The number of fused-ring (bicyclic) bond motifs is 1. The smallest absolute Gasteiger partial charge is 0.268 e. The van der Waals surface area contributed by atoms with E-state index in [2.05, 4.69) is 5.32 Å². The lowest BCUT2D eigenvalue weighted by Crippen LogP contribution is -2.29. The molecular formula is C22H18N2O4S. The molecule has 2 N–H and O–H groups in total. The van der Waals surface area contributed by atoms with Crippen LogP contribution in [0.2, 0.25) is 0 Å². The van der Waals surface area contributed by atoms with Gasteiger partial charge in [0.1, 0.15) is 11.3 Å². The summed E-state index contributed by atoms with van der Waals surface area (Å²) in [6.07, 6.45) is 0. The average molecular weight is 406 g/mol. The van der Waals surface area contributed by atoms with Crippen molar-refractivity contribution in [3.63, 3.8) is 0 Å². The maximum atomic E-state index is 13.2. The minimum Gasteiger partial charge on any atom is -0.505 e. The second-order valence-corrected chi connectivity index (χ2v) is 7.34. The van der Waals surface area contributed by atoms with Crippen LogP contribution in [0.15, 0.2) is 70.8 Å². The largest absolute Gasteiger partial charge is 0.505 e. The Bertz CT molecular complexity index is 1240. The summed E-state index contributed by atoms with van der Waals surface area (Å²) in [5.41, 5.74) is 1.16. The van der Waals surface area contributed by atoms with Crippen molar-refractivity contribution in [2.45, 2.75) is 6.54 Å². The van der Waals surface area contributed by atoms with Crippen molar-refractivity contribution in [3.05, 3.63) is 87.5 Å². The molecule has 0 unspecified atom stereocenters.